The van der Waals surface area contributed by atoms with Crippen LogP contribution in [-0.2, 0) is 42.7 Å². The molecule has 0 rings (SSSR count). The predicted molar refractivity (Wildman–Crippen MR) is 156 cm³/mol. The zero-order valence-electron chi connectivity index (χ0n) is 27.2. The summed E-state index contributed by atoms with van der Waals surface area (Å²) in [5, 5.41) is 14.9. The summed E-state index contributed by atoms with van der Waals surface area (Å²) in [4.78, 5) is 35.1. The Hall–Kier alpha value is -2.03. The molecular weight excluding hydrogens is 552 g/mol. The molecule has 0 aliphatic rings. The van der Waals surface area contributed by atoms with Gasteiger partial charge < -0.3 is 43.6 Å². The second-order valence-electron chi connectivity index (χ2n) is 12.8. The van der Waals surface area contributed by atoms with Gasteiger partial charge in [0, 0.05) is 24.4 Å². The van der Waals surface area contributed by atoms with E-state index in [1.807, 2.05) is 41.5 Å². The van der Waals surface area contributed by atoms with Gasteiger partial charge in [-0.2, -0.15) is 0 Å². The second-order valence-corrected chi connectivity index (χ2v) is 12.8. The van der Waals surface area contributed by atoms with E-state index in [2.05, 4.69) is 10.6 Å². The van der Waals surface area contributed by atoms with Crippen LogP contribution in [0.15, 0.2) is 0 Å². The number of esters is 2. The fourth-order valence-corrected chi connectivity index (χ4v) is 3.09. The Morgan fingerprint density at radius 3 is 1.81 bits per heavy atom. The number of alkyl carbamates (subject to hydrolysis) is 1. The molecule has 0 aromatic heterocycles. The van der Waals surface area contributed by atoms with Crippen LogP contribution in [0.3, 0.4) is 0 Å². The Kier molecular flexibility index (Phi) is 19.8. The van der Waals surface area contributed by atoms with E-state index >= 15 is 0 Å². The zero-order valence-corrected chi connectivity index (χ0v) is 27.2. The van der Waals surface area contributed by atoms with Crippen LogP contribution in [0, 0.1) is 11.3 Å². The molecule has 0 spiro atoms. The molecule has 0 bridgehead atoms. The van der Waals surface area contributed by atoms with E-state index < -0.39 is 35.6 Å². The molecule has 0 fully saturated rings. The van der Waals surface area contributed by atoms with Gasteiger partial charge in [0.05, 0.1) is 58.1 Å². The molecule has 2 atom stereocenters. The lowest BCUT2D eigenvalue weighted by Gasteiger charge is -2.25. The lowest BCUT2D eigenvalue weighted by atomic mass is 9.96. The maximum absolute atomic E-state index is 11.8. The van der Waals surface area contributed by atoms with E-state index in [-0.39, 0.29) is 63.7 Å². The molecule has 0 aliphatic carbocycles. The van der Waals surface area contributed by atoms with Crippen molar-refractivity contribution < 1.29 is 52.6 Å². The van der Waals surface area contributed by atoms with Gasteiger partial charge in [0.25, 0.3) is 0 Å². The van der Waals surface area contributed by atoms with Crippen LogP contribution in [0.5, 0.6) is 0 Å². The highest BCUT2D eigenvalue weighted by Gasteiger charge is 2.20. The highest BCUT2D eigenvalue weighted by atomic mass is 16.6. The molecule has 248 valence electrons. The SMILES string of the molecule is CC(COCCOC(=O)CCNC(=O)OC(C)(C)C)COCC(C)(C)COCCOC(=O)CCNC(O)OC(C)(C)C. The first-order chi connectivity index (χ1) is 19.4. The molecule has 1 amide bonds. The smallest absolute Gasteiger partial charge is 0.407 e. The van der Waals surface area contributed by atoms with Crippen molar-refractivity contribution in [2.24, 2.45) is 11.3 Å². The highest BCUT2D eigenvalue weighted by molar-refractivity contribution is 5.72. The van der Waals surface area contributed by atoms with Crippen molar-refractivity contribution >= 4 is 18.0 Å². The molecule has 0 heterocycles. The minimum absolute atomic E-state index is 0.0474. The van der Waals surface area contributed by atoms with Crippen LogP contribution in [0.25, 0.3) is 0 Å². The molecule has 13 heteroatoms. The van der Waals surface area contributed by atoms with Gasteiger partial charge in [-0.3, -0.25) is 14.9 Å². The normalized spacial score (nSPS) is 13.8. The first-order valence-corrected chi connectivity index (χ1v) is 14.5. The van der Waals surface area contributed by atoms with Crippen molar-refractivity contribution in [2.75, 3.05) is 65.9 Å². The number of aliphatic hydroxyl groups excluding tert-OH is 1. The Labute approximate surface area is 251 Å². The highest BCUT2D eigenvalue weighted by Crippen LogP contribution is 2.16. The van der Waals surface area contributed by atoms with E-state index in [4.69, 9.17) is 33.2 Å². The van der Waals surface area contributed by atoms with Crippen molar-refractivity contribution in [1.82, 2.24) is 10.6 Å². The number of rotatable bonds is 22. The van der Waals surface area contributed by atoms with Gasteiger partial charge in [0.15, 0.2) is 0 Å². The fraction of sp³-hybridized carbons (Fsp3) is 0.897. The molecule has 0 saturated heterocycles. The number of hydrogen-bond acceptors (Lipinski definition) is 12. The molecular formula is C29H56N2O11. The van der Waals surface area contributed by atoms with Gasteiger partial charge >= 0.3 is 18.0 Å². The maximum Gasteiger partial charge on any atom is 0.407 e. The number of amides is 1. The molecule has 2 unspecified atom stereocenters. The van der Waals surface area contributed by atoms with Crippen LogP contribution < -0.4 is 10.6 Å². The number of aliphatic hydroxyl groups is 1. The second kappa shape index (κ2) is 20.8. The summed E-state index contributed by atoms with van der Waals surface area (Å²) in [6.45, 7) is 19.8. The van der Waals surface area contributed by atoms with Gasteiger partial charge in [-0.1, -0.05) is 20.8 Å². The molecule has 0 aromatic carbocycles. The summed E-state index contributed by atoms with van der Waals surface area (Å²) in [6.07, 6.45) is -1.57. The number of hydrogen-bond donors (Lipinski definition) is 3. The largest absolute Gasteiger partial charge is 0.463 e. The summed E-state index contributed by atoms with van der Waals surface area (Å²) in [5.74, 6) is -0.673. The number of ether oxygens (including phenoxy) is 7. The molecule has 42 heavy (non-hydrogen) atoms. The maximum atomic E-state index is 11.8. The van der Waals surface area contributed by atoms with E-state index in [1.165, 1.54) is 0 Å². The van der Waals surface area contributed by atoms with Crippen LogP contribution in [0.4, 0.5) is 4.79 Å². The fourth-order valence-electron chi connectivity index (χ4n) is 3.09. The van der Waals surface area contributed by atoms with E-state index in [0.29, 0.717) is 26.4 Å². The molecule has 13 nitrogen and oxygen atoms in total. The van der Waals surface area contributed by atoms with Crippen molar-refractivity contribution in [3.8, 4) is 0 Å². The molecule has 0 radical (unpaired) electrons. The van der Waals surface area contributed by atoms with Gasteiger partial charge in [-0.05, 0) is 41.5 Å². The first-order valence-electron chi connectivity index (χ1n) is 14.5. The Bertz CT molecular complexity index is 764. The minimum atomic E-state index is -1.15. The third kappa shape index (κ3) is 26.8. The van der Waals surface area contributed by atoms with Crippen LogP contribution in [-0.4, -0.2) is 107 Å². The molecule has 0 saturated carbocycles. The Morgan fingerprint density at radius 1 is 0.714 bits per heavy atom. The van der Waals surface area contributed by atoms with Gasteiger partial charge in [0.1, 0.15) is 18.8 Å². The average Bonchev–Trinajstić information content (AvgIpc) is 2.81. The summed E-state index contributed by atoms with van der Waals surface area (Å²) >= 11 is 0. The quantitative estimate of drug-likeness (QED) is 0.0715. The van der Waals surface area contributed by atoms with E-state index in [0.717, 1.165) is 0 Å². The monoisotopic (exact) mass is 608 g/mol. The van der Waals surface area contributed by atoms with E-state index in [1.54, 1.807) is 20.8 Å². The third-order valence-corrected chi connectivity index (χ3v) is 4.88. The number of carbonyl (C=O) groups excluding carboxylic acids is 3. The number of nitrogens with one attached hydrogen (secondary N) is 2. The summed E-state index contributed by atoms with van der Waals surface area (Å²) in [5.41, 5.74) is -1.32. The van der Waals surface area contributed by atoms with Crippen molar-refractivity contribution in [2.45, 2.75) is 92.8 Å². The lowest BCUT2D eigenvalue weighted by molar-refractivity contribution is -0.181. The summed E-state index contributed by atoms with van der Waals surface area (Å²) in [6, 6.07) is 0. The minimum Gasteiger partial charge on any atom is -0.463 e. The topological polar surface area (TPSA) is 160 Å². The lowest BCUT2D eigenvalue weighted by Crippen LogP contribution is -2.39. The van der Waals surface area contributed by atoms with Gasteiger partial charge in [-0.25, -0.2) is 4.79 Å². The summed E-state index contributed by atoms with van der Waals surface area (Å²) < 4.78 is 37.6. The van der Waals surface area contributed by atoms with E-state index in [9.17, 15) is 19.5 Å². The average molecular weight is 609 g/mol. The van der Waals surface area contributed by atoms with Crippen molar-refractivity contribution in [3.63, 3.8) is 0 Å². The summed E-state index contributed by atoms with van der Waals surface area (Å²) in [7, 11) is 0. The zero-order chi connectivity index (χ0) is 32.2. The third-order valence-electron chi connectivity index (χ3n) is 4.88. The van der Waals surface area contributed by atoms with Crippen LogP contribution in [0.2, 0.25) is 0 Å². The van der Waals surface area contributed by atoms with Gasteiger partial charge in [-0.15, -0.1) is 0 Å². The Balaban J connectivity index is 3.77. The standard InChI is InChI=1S/C29H56N2O11/c1-22(18-36-14-16-39-23(32)10-12-30-25(34)41-27(2,3)4)19-38-21-29(8,9)20-37-15-17-40-24(33)11-13-31-26(35)42-28(5,6)7/h22,26,31,35H,10-21H2,1-9H3,(H,30,34). The predicted octanol–water partition coefficient (Wildman–Crippen LogP) is 2.77. The van der Waals surface area contributed by atoms with Gasteiger partial charge in [0.2, 0.25) is 6.41 Å². The Morgan fingerprint density at radius 2 is 1.24 bits per heavy atom. The first kappa shape index (κ1) is 40.0. The van der Waals surface area contributed by atoms with Crippen LogP contribution >= 0.6 is 0 Å². The van der Waals surface area contributed by atoms with Crippen molar-refractivity contribution in [3.05, 3.63) is 0 Å². The van der Waals surface area contributed by atoms with Crippen molar-refractivity contribution in [1.29, 1.82) is 0 Å². The molecule has 0 aromatic rings. The molecule has 0 aliphatic heterocycles. The number of carbonyl (C=O) groups is 3. The molecule has 3 N–H and O–H groups in total. The van der Waals surface area contributed by atoms with Crippen LogP contribution in [0.1, 0.15) is 75.2 Å².